The van der Waals surface area contributed by atoms with Crippen LogP contribution in [0.15, 0.2) is 35.3 Å². The van der Waals surface area contributed by atoms with Crippen LogP contribution in [0, 0.1) is 0 Å². The van der Waals surface area contributed by atoms with Crippen molar-refractivity contribution < 1.29 is 5.11 Å². The third-order valence-corrected chi connectivity index (χ3v) is 5.00. The van der Waals surface area contributed by atoms with Gasteiger partial charge in [0.1, 0.15) is 0 Å². The van der Waals surface area contributed by atoms with Gasteiger partial charge in [-0.05, 0) is 24.8 Å². The molecule has 1 aromatic rings. The molecule has 0 aromatic heterocycles. The first-order valence-corrected chi connectivity index (χ1v) is 7.97. The van der Waals surface area contributed by atoms with Crippen LogP contribution in [0.2, 0.25) is 0 Å². The van der Waals surface area contributed by atoms with Crippen LogP contribution in [-0.2, 0) is 6.42 Å². The average Bonchev–Trinajstić information content (AvgIpc) is 2.82. The topological polar surface area (TPSA) is 35.8 Å². The molecule has 0 saturated carbocycles. The number of hydrogen-bond donors (Lipinski definition) is 1. The summed E-state index contributed by atoms with van der Waals surface area (Å²) in [4.78, 5) is 7.14. The fourth-order valence-corrected chi connectivity index (χ4v) is 4.00. The lowest BCUT2D eigenvalue weighted by molar-refractivity contribution is 0.0863. The summed E-state index contributed by atoms with van der Waals surface area (Å²) in [5.74, 6) is 1.08. The van der Waals surface area contributed by atoms with Crippen molar-refractivity contribution in [3.05, 3.63) is 35.9 Å². The molecule has 2 saturated heterocycles. The zero-order valence-electron chi connectivity index (χ0n) is 11.0. The number of aliphatic hydroxyl groups is 1. The quantitative estimate of drug-likeness (QED) is 0.919. The third kappa shape index (κ3) is 3.12. The van der Waals surface area contributed by atoms with E-state index in [9.17, 15) is 5.11 Å². The predicted octanol–water partition coefficient (Wildman–Crippen LogP) is 2.16. The number of thioether (sulfide) groups is 1. The summed E-state index contributed by atoms with van der Waals surface area (Å²) in [6.07, 6.45) is 2.69. The van der Waals surface area contributed by atoms with Crippen molar-refractivity contribution in [2.45, 2.75) is 31.4 Å². The van der Waals surface area contributed by atoms with E-state index in [4.69, 9.17) is 4.99 Å². The van der Waals surface area contributed by atoms with Crippen molar-refractivity contribution in [2.75, 3.05) is 18.8 Å². The van der Waals surface area contributed by atoms with Crippen LogP contribution >= 0.6 is 11.8 Å². The van der Waals surface area contributed by atoms with Crippen LogP contribution in [-0.4, -0.2) is 46.2 Å². The highest BCUT2D eigenvalue weighted by Crippen LogP contribution is 2.31. The molecule has 0 bridgehead atoms. The van der Waals surface area contributed by atoms with Crippen molar-refractivity contribution in [1.82, 2.24) is 4.90 Å². The fourth-order valence-electron chi connectivity index (χ4n) is 2.76. The molecule has 3 rings (SSSR count). The first-order valence-electron chi connectivity index (χ1n) is 6.99. The van der Waals surface area contributed by atoms with Crippen LogP contribution in [0.4, 0.5) is 0 Å². The second kappa shape index (κ2) is 5.97. The minimum Gasteiger partial charge on any atom is -0.393 e. The van der Waals surface area contributed by atoms with E-state index in [1.165, 1.54) is 10.7 Å². The summed E-state index contributed by atoms with van der Waals surface area (Å²) in [5.41, 5.74) is 1.35. The largest absolute Gasteiger partial charge is 0.393 e. The second-order valence-corrected chi connectivity index (χ2v) is 6.22. The maximum Gasteiger partial charge on any atom is 0.159 e. The van der Waals surface area contributed by atoms with E-state index >= 15 is 0 Å². The molecular weight excluding hydrogens is 256 g/mol. The molecule has 2 heterocycles. The summed E-state index contributed by atoms with van der Waals surface area (Å²) < 4.78 is 0. The maximum absolute atomic E-state index is 9.69. The van der Waals surface area contributed by atoms with Crippen molar-refractivity contribution in [3.8, 4) is 0 Å². The molecule has 0 radical (unpaired) electrons. The van der Waals surface area contributed by atoms with Crippen LogP contribution in [0.1, 0.15) is 18.4 Å². The first kappa shape index (κ1) is 13.0. The molecule has 0 spiro atoms. The molecule has 0 aliphatic carbocycles. The lowest BCUT2D eigenvalue weighted by atomic mass is 10.0. The maximum atomic E-state index is 9.69. The van der Waals surface area contributed by atoms with Gasteiger partial charge in [-0.3, -0.25) is 4.99 Å². The smallest absolute Gasteiger partial charge is 0.159 e. The van der Waals surface area contributed by atoms with Crippen LogP contribution < -0.4 is 0 Å². The Bertz CT molecular complexity index is 449. The van der Waals surface area contributed by atoms with Crippen LogP contribution in [0.25, 0.3) is 0 Å². The lowest BCUT2D eigenvalue weighted by Gasteiger charge is -2.33. The zero-order chi connectivity index (χ0) is 13.1. The first-order chi connectivity index (χ1) is 9.33. The monoisotopic (exact) mass is 276 g/mol. The number of piperidine rings is 1. The Balaban J connectivity index is 1.56. The number of aliphatic hydroxyl groups excluding tert-OH is 1. The Morgan fingerprint density at radius 2 is 2.16 bits per heavy atom. The van der Waals surface area contributed by atoms with Gasteiger partial charge in [0, 0.05) is 24.9 Å². The van der Waals surface area contributed by atoms with Gasteiger partial charge in [0.15, 0.2) is 5.17 Å². The molecule has 1 N–H and O–H groups in total. The number of hydrogen-bond acceptors (Lipinski definition) is 3. The average molecular weight is 276 g/mol. The van der Waals surface area contributed by atoms with E-state index in [-0.39, 0.29) is 6.10 Å². The summed E-state index contributed by atoms with van der Waals surface area (Å²) in [6.45, 7) is 1.82. The molecule has 102 valence electrons. The van der Waals surface area contributed by atoms with Crippen molar-refractivity contribution >= 4 is 16.9 Å². The standard InChI is InChI=1S/C15H20N2OS/c18-14-7-9-17-13(10-14)11-19-15(17)16-8-6-12-4-2-1-3-5-12/h1-5,13-14,18H,6-11H2. The number of aliphatic imine (C=N–C) groups is 1. The highest BCUT2D eigenvalue weighted by Gasteiger charge is 2.34. The lowest BCUT2D eigenvalue weighted by Crippen LogP contribution is -2.43. The minimum atomic E-state index is -0.106. The van der Waals surface area contributed by atoms with Gasteiger partial charge < -0.3 is 10.0 Å². The van der Waals surface area contributed by atoms with Gasteiger partial charge in [-0.15, -0.1) is 0 Å². The van der Waals surface area contributed by atoms with E-state index < -0.39 is 0 Å². The van der Waals surface area contributed by atoms with E-state index in [1.807, 2.05) is 17.8 Å². The van der Waals surface area contributed by atoms with Gasteiger partial charge in [-0.25, -0.2) is 0 Å². The summed E-state index contributed by atoms with van der Waals surface area (Å²) in [5, 5.41) is 10.9. The summed E-state index contributed by atoms with van der Waals surface area (Å²) in [7, 11) is 0. The Morgan fingerprint density at radius 3 is 3.00 bits per heavy atom. The summed E-state index contributed by atoms with van der Waals surface area (Å²) >= 11 is 1.85. The van der Waals surface area contributed by atoms with Gasteiger partial charge in [0.2, 0.25) is 0 Å². The number of benzene rings is 1. The molecule has 2 fully saturated rings. The molecule has 1 aromatic carbocycles. The van der Waals surface area contributed by atoms with Gasteiger partial charge in [-0.2, -0.15) is 0 Å². The van der Waals surface area contributed by atoms with Gasteiger partial charge >= 0.3 is 0 Å². The van der Waals surface area contributed by atoms with E-state index in [2.05, 4.69) is 29.2 Å². The third-order valence-electron chi connectivity index (χ3n) is 3.83. The van der Waals surface area contributed by atoms with Crippen LogP contribution in [0.3, 0.4) is 0 Å². The van der Waals surface area contributed by atoms with Crippen LogP contribution in [0.5, 0.6) is 0 Å². The molecule has 2 atom stereocenters. The van der Waals surface area contributed by atoms with Crippen molar-refractivity contribution in [1.29, 1.82) is 0 Å². The van der Waals surface area contributed by atoms with E-state index in [0.29, 0.717) is 6.04 Å². The SMILES string of the molecule is OC1CCN2C(=NCCc3ccccc3)SCC2C1. The van der Waals surface area contributed by atoms with Gasteiger partial charge in [0.25, 0.3) is 0 Å². The second-order valence-electron chi connectivity index (χ2n) is 5.24. The Morgan fingerprint density at radius 1 is 1.32 bits per heavy atom. The molecule has 19 heavy (non-hydrogen) atoms. The Hall–Kier alpha value is -1.00. The normalized spacial score (nSPS) is 28.7. The minimum absolute atomic E-state index is 0.106. The Labute approximate surface area is 118 Å². The van der Waals surface area contributed by atoms with Crippen molar-refractivity contribution in [2.24, 2.45) is 4.99 Å². The zero-order valence-corrected chi connectivity index (χ0v) is 11.9. The molecule has 4 heteroatoms. The molecule has 2 aliphatic rings. The molecule has 3 nitrogen and oxygen atoms in total. The number of fused-ring (bicyclic) bond motifs is 1. The number of amidine groups is 1. The highest BCUT2D eigenvalue weighted by atomic mass is 32.2. The Kier molecular flexibility index (Phi) is 4.09. The number of rotatable bonds is 3. The van der Waals surface area contributed by atoms with E-state index in [0.717, 1.165) is 38.1 Å². The number of nitrogens with zero attached hydrogens (tertiary/aromatic N) is 2. The highest BCUT2D eigenvalue weighted by molar-refractivity contribution is 8.14. The summed E-state index contributed by atoms with van der Waals surface area (Å²) in [6, 6.07) is 11.0. The van der Waals surface area contributed by atoms with Gasteiger partial charge in [-0.1, -0.05) is 42.1 Å². The fraction of sp³-hybridized carbons (Fsp3) is 0.533. The molecule has 2 aliphatic heterocycles. The molecular formula is C15H20N2OS. The van der Waals surface area contributed by atoms with Gasteiger partial charge in [0.05, 0.1) is 6.10 Å². The van der Waals surface area contributed by atoms with E-state index in [1.54, 1.807) is 0 Å². The predicted molar refractivity (Wildman–Crippen MR) is 80.6 cm³/mol. The van der Waals surface area contributed by atoms with Crippen molar-refractivity contribution in [3.63, 3.8) is 0 Å². The molecule has 0 amide bonds. The molecule has 2 unspecified atom stereocenters.